The minimum atomic E-state index is -0.400. The van der Waals surface area contributed by atoms with Crippen LogP contribution in [0.4, 0.5) is 5.69 Å². The average Bonchev–Trinajstić information content (AvgIpc) is 2.85. The van der Waals surface area contributed by atoms with Gasteiger partial charge in [-0.3, -0.25) is 4.79 Å². The molecule has 0 aliphatic heterocycles. The quantitative estimate of drug-likeness (QED) is 0.315. The number of amides is 1. The highest BCUT2D eigenvalue weighted by molar-refractivity contribution is 5.99. The third-order valence-electron chi connectivity index (χ3n) is 5.38. The molecule has 4 aromatic rings. The summed E-state index contributed by atoms with van der Waals surface area (Å²) in [5.74, 6) is 0.208. The fourth-order valence-electron chi connectivity index (χ4n) is 3.79. The van der Waals surface area contributed by atoms with E-state index < -0.39 is 5.92 Å². The number of aryl methyl sites for hydroxylation is 1. The van der Waals surface area contributed by atoms with E-state index in [0.29, 0.717) is 18.0 Å². The number of rotatable bonds is 9. The van der Waals surface area contributed by atoms with E-state index in [4.69, 9.17) is 4.74 Å². The van der Waals surface area contributed by atoms with Crippen LogP contribution in [0, 0.1) is 0 Å². The highest BCUT2D eigenvalue weighted by Gasteiger charge is 2.23. The van der Waals surface area contributed by atoms with Crippen molar-refractivity contribution >= 4 is 11.6 Å². The van der Waals surface area contributed by atoms with Crippen LogP contribution in [-0.2, 0) is 11.2 Å². The van der Waals surface area contributed by atoms with Crippen LogP contribution in [0.3, 0.4) is 0 Å². The first-order valence-corrected chi connectivity index (χ1v) is 11.0. The Hall–Kier alpha value is -3.85. The molecule has 0 radical (unpaired) electrons. The van der Waals surface area contributed by atoms with E-state index in [1.807, 2.05) is 91.0 Å². The van der Waals surface area contributed by atoms with Gasteiger partial charge in [0.05, 0.1) is 18.2 Å². The molecule has 0 saturated carbocycles. The molecule has 3 heteroatoms. The summed E-state index contributed by atoms with van der Waals surface area (Å²) in [4.78, 5) is 13.4. The van der Waals surface area contributed by atoms with Crippen molar-refractivity contribution < 1.29 is 9.53 Å². The summed E-state index contributed by atoms with van der Waals surface area (Å²) in [6.45, 7) is 0.586. The summed E-state index contributed by atoms with van der Waals surface area (Å²) in [7, 11) is 0. The van der Waals surface area contributed by atoms with Crippen LogP contribution in [0.15, 0.2) is 115 Å². The Balaban J connectivity index is 1.46. The van der Waals surface area contributed by atoms with Crippen LogP contribution in [0.25, 0.3) is 0 Å². The third-order valence-corrected chi connectivity index (χ3v) is 5.38. The Kier molecular flexibility index (Phi) is 7.33. The highest BCUT2D eigenvalue weighted by atomic mass is 16.5. The van der Waals surface area contributed by atoms with Crippen LogP contribution < -0.4 is 10.1 Å². The van der Waals surface area contributed by atoms with E-state index in [2.05, 4.69) is 29.6 Å². The molecule has 32 heavy (non-hydrogen) atoms. The van der Waals surface area contributed by atoms with Crippen molar-refractivity contribution in [3.05, 3.63) is 132 Å². The van der Waals surface area contributed by atoms with Crippen molar-refractivity contribution in [1.82, 2.24) is 0 Å². The lowest BCUT2D eigenvalue weighted by molar-refractivity contribution is -0.116. The molecule has 0 aliphatic carbocycles. The molecule has 0 heterocycles. The summed E-state index contributed by atoms with van der Waals surface area (Å²) < 4.78 is 6.04. The largest absolute Gasteiger partial charge is 0.491 e. The number of anilines is 1. The summed E-state index contributed by atoms with van der Waals surface area (Å²) in [6.07, 6.45) is 1.86. The molecule has 0 aliphatic rings. The first-order chi connectivity index (χ1) is 15.8. The second-order valence-electron chi connectivity index (χ2n) is 7.68. The number of hydrogen-bond acceptors (Lipinski definition) is 2. The van der Waals surface area contributed by atoms with Gasteiger partial charge in [0.1, 0.15) is 5.75 Å². The van der Waals surface area contributed by atoms with Gasteiger partial charge in [-0.1, -0.05) is 103 Å². The normalized spacial score (nSPS) is 10.7. The lowest BCUT2D eigenvalue weighted by Crippen LogP contribution is -2.22. The Bertz CT molecular complexity index is 1070. The van der Waals surface area contributed by atoms with Crippen LogP contribution >= 0.6 is 0 Å². The highest BCUT2D eigenvalue weighted by Crippen LogP contribution is 2.29. The van der Waals surface area contributed by atoms with Gasteiger partial charge in [-0.2, -0.15) is 0 Å². The molecule has 4 aromatic carbocycles. The number of carbonyl (C=O) groups excluding carboxylic acids is 1. The Labute approximate surface area is 189 Å². The lowest BCUT2D eigenvalue weighted by Gasteiger charge is -2.19. The number of para-hydroxylation sites is 2. The Morgan fingerprint density at radius 3 is 1.84 bits per heavy atom. The number of nitrogens with one attached hydrogen (secondary N) is 1. The maximum Gasteiger partial charge on any atom is 0.236 e. The second kappa shape index (κ2) is 11.0. The van der Waals surface area contributed by atoms with Gasteiger partial charge in [-0.25, -0.2) is 0 Å². The minimum Gasteiger partial charge on any atom is -0.491 e. The van der Waals surface area contributed by atoms with Crippen LogP contribution in [0.5, 0.6) is 5.75 Å². The molecule has 1 amide bonds. The molecule has 0 spiro atoms. The standard InChI is InChI=1S/C29H27NO2/c31-29(28(24-16-6-2-7-17-24)25-18-8-3-9-19-25)30-26-20-10-11-21-27(26)32-22-12-15-23-13-4-1-5-14-23/h1-11,13-14,16-21,28H,12,15,22H2,(H,30,31). The smallest absolute Gasteiger partial charge is 0.236 e. The summed E-state index contributed by atoms with van der Waals surface area (Å²) in [5.41, 5.74) is 3.90. The summed E-state index contributed by atoms with van der Waals surface area (Å²) in [6, 6.07) is 37.7. The van der Waals surface area contributed by atoms with E-state index in [1.54, 1.807) is 0 Å². The lowest BCUT2D eigenvalue weighted by atomic mass is 9.90. The van der Waals surface area contributed by atoms with E-state index in [9.17, 15) is 4.79 Å². The van der Waals surface area contributed by atoms with Crippen molar-refractivity contribution in [2.24, 2.45) is 0 Å². The first kappa shape index (κ1) is 21.4. The average molecular weight is 422 g/mol. The minimum absolute atomic E-state index is 0.0808. The van der Waals surface area contributed by atoms with Gasteiger partial charge in [-0.15, -0.1) is 0 Å². The first-order valence-electron chi connectivity index (χ1n) is 11.0. The fourth-order valence-corrected chi connectivity index (χ4v) is 3.79. The van der Waals surface area contributed by atoms with Crippen LogP contribution in [-0.4, -0.2) is 12.5 Å². The zero-order valence-electron chi connectivity index (χ0n) is 18.0. The molecule has 1 N–H and O–H groups in total. The van der Waals surface area contributed by atoms with Crippen molar-refractivity contribution in [2.75, 3.05) is 11.9 Å². The SMILES string of the molecule is O=C(Nc1ccccc1OCCCc1ccccc1)C(c1ccccc1)c1ccccc1. The van der Waals surface area contributed by atoms with E-state index in [0.717, 1.165) is 24.0 Å². The predicted molar refractivity (Wildman–Crippen MR) is 130 cm³/mol. The van der Waals surface area contributed by atoms with Gasteiger partial charge >= 0.3 is 0 Å². The molecule has 4 rings (SSSR count). The van der Waals surface area contributed by atoms with E-state index in [1.165, 1.54) is 5.56 Å². The summed E-state index contributed by atoms with van der Waals surface area (Å²) in [5, 5.41) is 3.10. The van der Waals surface area contributed by atoms with Gasteiger partial charge in [0.2, 0.25) is 5.91 Å². The molecule has 0 bridgehead atoms. The Morgan fingerprint density at radius 1 is 0.688 bits per heavy atom. The second-order valence-corrected chi connectivity index (χ2v) is 7.68. The van der Waals surface area contributed by atoms with E-state index >= 15 is 0 Å². The zero-order valence-corrected chi connectivity index (χ0v) is 18.0. The number of carbonyl (C=O) groups is 1. The molecular formula is C29H27NO2. The molecule has 160 valence electrons. The van der Waals surface area contributed by atoms with Crippen molar-refractivity contribution in [3.8, 4) is 5.75 Å². The van der Waals surface area contributed by atoms with Gasteiger partial charge in [-0.05, 0) is 41.7 Å². The van der Waals surface area contributed by atoms with Gasteiger partial charge in [0, 0.05) is 0 Å². The molecule has 0 fully saturated rings. The maximum atomic E-state index is 13.4. The molecule has 0 saturated heterocycles. The van der Waals surface area contributed by atoms with Gasteiger partial charge < -0.3 is 10.1 Å². The van der Waals surface area contributed by atoms with Crippen molar-refractivity contribution in [1.29, 1.82) is 0 Å². The number of hydrogen-bond donors (Lipinski definition) is 1. The number of ether oxygens (including phenoxy) is 1. The monoisotopic (exact) mass is 421 g/mol. The van der Waals surface area contributed by atoms with Crippen LogP contribution in [0.2, 0.25) is 0 Å². The van der Waals surface area contributed by atoms with Gasteiger partial charge in [0.25, 0.3) is 0 Å². The fraction of sp³-hybridized carbons (Fsp3) is 0.138. The summed E-state index contributed by atoms with van der Waals surface area (Å²) >= 11 is 0. The van der Waals surface area contributed by atoms with Crippen molar-refractivity contribution in [3.63, 3.8) is 0 Å². The predicted octanol–water partition coefficient (Wildman–Crippen LogP) is 6.47. The van der Waals surface area contributed by atoms with E-state index in [-0.39, 0.29) is 5.91 Å². The number of benzene rings is 4. The molecule has 3 nitrogen and oxygen atoms in total. The molecule has 0 aromatic heterocycles. The van der Waals surface area contributed by atoms with Crippen molar-refractivity contribution in [2.45, 2.75) is 18.8 Å². The van der Waals surface area contributed by atoms with Gasteiger partial charge in [0.15, 0.2) is 0 Å². The Morgan fingerprint density at radius 2 is 1.22 bits per heavy atom. The molecule has 0 atom stereocenters. The molecular weight excluding hydrogens is 394 g/mol. The third kappa shape index (κ3) is 5.64. The topological polar surface area (TPSA) is 38.3 Å². The zero-order chi connectivity index (χ0) is 22.0. The maximum absolute atomic E-state index is 13.4. The molecule has 0 unspecified atom stereocenters. The van der Waals surface area contributed by atoms with Crippen LogP contribution in [0.1, 0.15) is 29.0 Å².